The quantitative estimate of drug-likeness (QED) is 0.840. The zero-order valence-electron chi connectivity index (χ0n) is 10.9. The average Bonchev–Trinajstić information content (AvgIpc) is 2.27. The average molecular weight is 247 g/mol. The van der Waals surface area contributed by atoms with E-state index in [-0.39, 0.29) is 17.3 Å². The van der Waals surface area contributed by atoms with Crippen LogP contribution in [0.2, 0.25) is 0 Å². The van der Waals surface area contributed by atoms with Crippen molar-refractivity contribution in [3.8, 4) is 0 Å². The van der Waals surface area contributed by atoms with Gasteiger partial charge in [0, 0.05) is 0 Å². The summed E-state index contributed by atoms with van der Waals surface area (Å²) in [5.74, 6) is -0.734. The highest BCUT2D eigenvalue weighted by Gasteiger charge is 2.51. The van der Waals surface area contributed by atoms with Crippen LogP contribution >= 0.6 is 0 Å². The summed E-state index contributed by atoms with van der Waals surface area (Å²) in [4.78, 5) is 10.9. The van der Waals surface area contributed by atoms with Gasteiger partial charge in [-0.15, -0.1) is 0 Å². The van der Waals surface area contributed by atoms with Gasteiger partial charge < -0.3 is 10.8 Å². The second kappa shape index (κ2) is 4.73. The molecule has 1 aliphatic rings. The molecule has 0 saturated heterocycles. The van der Waals surface area contributed by atoms with Crippen molar-refractivity contribution in [3.05, 3.63) is 35.9 Å². The van der Waals surface area contributed by atoms with Gasteiger partial charge in [-0.05, 0) is 42.2 Å². The topological polar surface area (TPSA) is 63.3 Å². The van der Waals surface area contributed by atoms with Crippen molar-refractivity contribution in [1.82, 2.24) is 0 Å². The Morgan fingerprint density at radius 1 is 1.33 bits per heavy atom. The smallest absolute Gasteiger partial charge is 0.303 e. The molecular formula is C15H21NO2. The maximum Gasteiger partial charge on any atom is 0.303 e. The molecule has 0 aliphatic heterocycles. The molecule has 1 aromatic rings. The Hall–Kier alpha value is -1.35. The van der Waals surface area contributed by atoms with Crippen LogP contribution < -0.4 is 5.73 Å². The molecule has 0 aromatic heterocycles. The molecule has 0 radical (unpaired) electrons. The third-order valence-corrected chi connectivity index (χ3v) is 4.04. The van der Waals surface area contributed by atoms with Crippen molar-refractivity contribution >= 4 is 5.97 Å². The summed E-state index contributed by atoms with van der Waals surface area (Å²) in [5, 5.41) is 8.95. The minimum Gasteiger partial charge on any atom is -0.481 e. The lowest BCUT2D eigenvalue weighted by Gasteiger charge is -2.54. The third kappa shape index (κ3) is 2.72. The number of rotatable bonds is 5. The Balaban J connectivity index is 1.99. The predicted molar refractivity (Wildman–Crippen MR) is 71.2 cm³/mol. The molecule has 0 spiro atoms. The number of hydrogen-bond acceptors (Lipinski definition) is 2. The maximum absolute atomic E-state index is 10.9. The molecule has 0 atom stereocenters. The number of nitrogens with two attached hydrogens (primary N) is 1. The van der Waals surface area contributed by atoms with E-state index in [0.29, 0.717) is 6.54 Å². The summed E-state index contributed by atoms with van der Waals surface area (Å²) in [6, 6.07) is 10.4. The third-order valence-electron chi connectivity index (χ3n) is 4.04. The lowest BCUT2D eigenvalue weighted by atomic mass is 9.51. The van der Waals surface area contributed by atoms with E-state index in [1.807, 2.05) is 18.2 Å². The van der Waals surface area contributed by atoms with Gasteiger partial charge in [0.1, 0.15) is 0 Å². The molecule has 1 saturated carbocycles. The van der Waals surface area contributed by atoms with Gasteiger partial charge in [-0.1, -0.05) is 37.3 Å². The van der Waals surface area contributed by atoms with Crippen LogP contribution in [0.3, 0.4) is 0 Å². The standard InChI is InChI=1S/C15H21NO2/c1-14(7-12-5-3-2-4-6-12)9-15(10-14,11-16)8-13(17)18/h2-6H,7-11,16H2,1H3,(H,17,18)/t14-,15+. The van der Waals surface area contributed by atoms with Gasteiger partial charge in [0.25, 0.3) is 0 Å². The van der Waals surface area contributed by atoms with Crippen LogP contribution in [-0.2, 0) is 11.2 Å². The fourth-order valence-electron chi connectivity index (χ4n) is 3.63. The first-order chi connectivity index (χ1) is 8.47. The highest BCUT2D eigenvalue weighted by atomic mass is 16.4. The van der Waals surface area contributed by atoms with E-state index in [2.05, 4.69) is 19.1 Å². The van der Waals surface area contributed by atoms with Crippen LogP contribution in [0.15, 0.2) is 30.3 Å². The normalized spacial score (nSPS) is 30.8. The van der Waals surface area contributed by atoms with Crippen molar-refractivity contribution in [2.75, 3.05) is 6.54 Å². The van der Waals surface area contributed by atoms with Gasteiger partial charge in [-0.3, -0.25) is 4.79 Å². The molecule has 1 aliphatic carbocycles. The van der Waals surface area contributed by atoms with E-state index in [9.17, 15) is 4.79 Å². The van der Waals surface area contributed by atoms with Crippen molar-refractivity contribution in [3.63, 3.8) is 0 Å². The SMILES string of the molecule is C[C@]1(Cc2ccccc2)C[C@](CN)(CC(=O)O)C1. The summed E-state index contributed by atoms with van der Waals surface area (Å²) in [6.07, 6.45) is 3.04. The molecule has 3 heteroatoms. The fourth-order valence-corrected chi connectivity index (χ4v) is 3.63. The van der Waals surface area contributed by atoms with Gasteiger partial charge in [0.2, 0.25) is 0 Å². The Morgan fingerprint density at radius 3 is 2.44 bits per heavy atom. The summed E-state index contributed by atoms with van der Waals surface area (Å²) >= 11 is 0. The molecule has 1 fully saturated rings. The van der Waals surface area contributed by atoms with Crippen LogP contribution in [0.5, 0.6) is 0 Å². The Bertz CT molecular complexity index is 421. The zero-order chi connectivity index (χ0) is 13.2. The number of carboxylic acid groups (broad SMARTS) is 1. The predicted octanol–water partition coefficient (Wildman–Crippen LogP) is 2.45. The van der Waals surface area contributed by atoms with Crippen LogP contribution in [0.25, 0.3) is 0 Å². The van der Waals surface area contributed by atoms with Crippen molar-refractivity contribution < 1.29 is 9.90 Å². The monoisotopic (exact) mass is 247 g/mol. The summed E-state index contributed by atoms with van der Waals surface area (Å²) in [7, 11) is 0. The number of aliphatic carboxylic acids is 1. The van der Waals surface area contributed by atoms with Gasteiger partial charge in [-0.2, -0.15) is 0 Å². The first-order valence-corrected chi connectivity index (χ1v) is 6.43. The minimum atomic E-state index is -0.734. The van der Waals surface area contributed by atoms with E-state index < -0.39 is 5.97 Å². The van der Waals surface area contributed by atoms with Crippen LogP contribution in [-0.4, -0.2) is 17.6 Å². The number of hydrogen-bond donors (Lipinski definition) is 2. The molecule has 18 heavy (non-hydrogen) atoms. The van der Waals surface area contributed by atoms with Crippen molar-refractivity contribution in [2.24, 2.45) is 16.6 Å². The molecule has 98 valence electrons. The van der Waals surface area contributed by atoms with Gasteiger partial charge >= 0.3 is 5.97 Å². The lowest BCUT2D eigenvalue weighted by molar-refractivity contribution is -0.144. The summed E-state index contributed by atoms with van der Waals surface area (Å²) < 4.78 is 0. The van der Waals surface area contributed by atoms with Crippen LogP contribution in [0.4, 0.5) is 0 Å². The van der Waals surface area contributed by atoms with Crippen LogP contribution in [0, 0.1) is 10.8 Å². The van der Waals surface area contributed by atoms with E-state index >= 15 is 0 Å². The van der Waals surface area contributed by atoms with E-state index in [4.69, 9.17) is 10.8 Å². The molecule has 0 amide bonds. The summed E-state index contributed by atoms with van der Waals surface area (Å²) in [5.41, 5.74) is 7.12. The maximum atomic E-state index is 10.9. The number of benzene rings is 1. The zero-order valence-corrected chi connectivity index (χ0v) is 10.9. The first-order valence-electron chi connectivity index (χ1n) is 6.43. The molecular weight excluding hydrogens is 226 g/mol. The van der Waals surface area contributed by atoms with Gasteiger partial charge in [-0.25, -0.2) is 0 Å². The van der Waals surface area contributed by atoms with Gasteiger partial charge in [0.05, 0.1) is 6.42 Å². The molecule has 2 rings (SSSR count). The van der Waals surface area contributed by atoms with E-state index in [1.54, 1.807) is 0 Å². The first kappa shape index (κ1) is 13.1. The van der Waals surface area contributed by atoms with Crippen molar-refractivity contribution in [1.29, 1.82) is 0 Å². The molecule has 1 aromatic carbocycles. The second-order valence-corrected chi connectivity index (χ2v) is 6.10. The van der Waals surface area contributed by atoms with Crippen molar-refractivity contribution in [2.45, 2.75) is 32.6 Å². The Labute approximate surface area is 108 Å². The van der Waals surface area contributed by atoms with E-state index in [0.717, 1.165) is 19.3 Å². The molecule has 0 unspecified atom stereocenters. The summed E-state index contributed by atoms with van der Waals surface area (Å²) in [6.45, 7) is 2.71. The minimum absolute atomic E-state index is 0.171. The molecule has 3 N–H and O–H groups in total. The molecule has 0 bridgehead atoms. The van der Waals surface area contributed by atoms with Gasteiger partial charge in [0.15, 0.2) is 0 Å². The lowest BCUT2D eigenvalue weighted by Crippen LogP contribution is -2.51. The highest BCUT2D eigenvalue weighted by molar-refractivity contribution is 5.68. The largest absolute Gasteiger partial charge is 0.481 e. The molecule has 3 nitrogen and oxygen atoms in total. The van der Waals surface area contributed by atoms with Crippen LogP contribution in [0.1, 0.15) is 31.7 Å². The van der Waals surface area contributed by atoms with E-state index in [1.165, 1.54) is 5.56 Å². The Morgan fingerprint density at radius 2 is 1.94 bits per heavy atom. The number of carbonyl (C=O) groups is 1. The number of carboxylic acids is 1. The highest BCUT2D eigenvalue weighted by Crippen LogP contribution is 2.57. The Kier molecular flexibility index (Phi) is 3.44. The fraction of sp³-hybridized carbons (Fsp3) is 0.533. The molecule has 0 heterocycles. The second-order valence-electron chi connectivity index (χ2n) is 6.10.